The van der Waals surface area contributed by atoms with Gasteiger partial charge in [-0.1, -0.05) is 26.2 Å². The molecule has 3 aliphatic rings. The fourth-order valence-electron chi connectivity index (χ4n) is 3.62. The highest BCUT2D eigenvalue weighted by Gasteiger charge is 2.56. The monoisotopic (exact) mass is 264 g/mol. The second-order valence-electron chi connectivity index (χ2n) is 6.60. The molecule has 3 rings (SSSR count). The van der Waals surface area contributed by atoms with E-state index in [1.54, 1.807) is 0 Å². The Kier molecular flexibility index (Phi) is 2.69. The second-order valence-corrected chi connectivity index (χ2v) is 6.60. The van der Waals surface area contributed by atoms with E-state index in [0.717, 1.165) is 32.1 Å². The first-order chi connectivity index (χ1) is 8.97. The fraction of sp³-hybridized carbons (Fsp3) is 0.786. The summed E-state index contributed by atoms with van der Waals surface area (Å²) >= 11 is 0. The van der Waals surface area contributed by atoms with Gasteiger partial charge in [-0.3, -0.25) is 19.8 Å². The summed E-state index contributed by atoms with van der Waals surface area (Å²) in [5.74, 6) is -0.637. The molecule has 0 aromatic carbocycles. The number of rotatable bonds is 2. The van der Waals surface area contributed by atoms with Crippen molar-refractivity contribution in [1.29, 1.82) is 0 Å². The van der Waals surface area contributed by atoms with Crippen LogP contribution in [0.15, 0.2) is 0 Å². The van der Waals surface area contributed by atoms with Crippen LogP contribution in [0.1, 0.15) is 51.9 Å². The van der Waals surface area contributed by atoms with Gasteiger partial charge in [-0.25, -0.2) is 4.79 Å². The van der Waals surface area contributed by atoms with Crippen LogP contribution in [0.5, 0.6) is 0 Å². The van der Waals surface area contributed by atoms with Gasteiger partial charge in [-0.15, -0.1) is 0 Å². The molecule has 2 aliphatic carbocycles. The number of carbonyl (C=O) groups is 3. The van der Waals surface area contributed by atoms with Gasteiger partial charge in [-0.2, -0.15) is 0 Å². The number of carbonyl (C=O) groups excluding carboxylic acids is 3. The van der Waals surface area contributed by atoms with Crippen LogP contribution in [0.3, 0.4) is 0 Å². The summed E-state index contributed by atoms with van der Waals surface area (Å²) < 4.78 is 0. The summed E-state index contributed by atoms with van der Waals surface area (Å²) in [6.07, 6.45) is 6.19. The largest absolute Gasteiger partial charge is 0.330 e. The molecule has 3 fully saturated rings. The van der Waals surface area contributed by atoms with Crippen LogP contribution in [0, 0.1) is 10.8 Å². The summed E-state index contributed by atoms with van der Waals surface area (Å²) in [6.45, 7) is 2.56. The minimum absolute atomic E-state index is 0.0488. The Hall–Kier alpha value is -1.39. The van der Waals surface area contributed by atoms with Crippen molar-refractivity contribution in [3.63, 3.8) is 0 Å². The van der Waals surface area contributed by atoms with E-state index >= 15 is 0 Å². The minimum atomic E-state index is -0.950. The van der Waals surface area contributed by atoms with Gasteiger partial charge in [0.25, 0.3) is 0 Å². The number of hydrogen-bond acceptors (Lipinski definition) is 3. The highest BCUT2D eigenvalue weighted by atomic mass is 16.2. The third-order valence-corrected chi connectivity index (χ3v) is 5.11. The van der Waals surface area contributed by atoms with E-state index in [1.807, 2.05) is 0 Å². The predicted molar refractivity (Wildman–Crippen MR) is 68.1 cm³/mol. The molecular weight excluding hydrogens is 244 g/mol. The molecule has 1 heterocycles. The van der Waals surface area contributed by atoms with Gasteiger partial charge in [0.1, 0.15) is 5.41 Å². The Balaban J connectivity index is 1.85. The zero-order chi connectivity index (χ0) is 13.7. The highest BCUT2D eigenvalue weighted by molar-refractivity contribution is 6.19. The molecule has 5 heteroatoms. The van der Waals surface area contributed by atoms with Crippen LogP contribution >= 0.6 is 0 Å². The van der Waals surface area contributed by atoms with E-state index in [0.29, 0.717) is 19.4 Å². The number of nitrogens with one attached hydrogen (secondary N) is 1. The summed E-state index contributed by atoms with van der Waals surface area (Å²) in [7, 11) is 0. The molecule has 0 aromatic heterocycles. The average molecular weight is 264 g/mol. The molecule has 1 saturated heterocycles. The molecule has 0 unspecified atom stereocenters. The fourth-order valence-corrected chi connectivity index (χ4v) is 3.62. The zero-order valence-corrected chi connectivity index (χ0v) is 11.3. The molecule has 0 atom stereocenters. The Morgan fingerprint density at radius 2 is 1.68 bits per heavy atom. The summed E-state index contributed by atoms with van der Waals surface area (Å²) in [5.41, 5.74) is -0.902. The molecule has 1 spiro atoms. The molecule has 0 radical (unpaired) electrons. The summed E-state index contributed by atoms with van der Waals surface area (Å²) in [5, 5.41) is 2.39. The molecule has 0 aromatic rings. The van der Waals surface area contributed by atoms with Crippen LogP contribution in [0.4, 0.5) is 4.79 Å². The average Bonchev–Trinajstić information content (AvgIpc) is 2.81. The lowest BCUT2D eigenvalue weighted by Gasteiger charge is -2.45. The maximum absolute atomic E-state index is 12.6. The number of barbiturate groups is 1. The van der Waals surface area contributed by atoms with Crippen molar-refractivity contribution in [3.05, 3.63) is 0 Å². The lowest BCUT2D eigenvalue weighted by molar-refractivity contribution is -0.152. The standard InChI is InChI=1S/C14H20N2O3/c1-13(5-4-6-13)9-16-11(18)14(7-2-3-8-14)10(17)15-12(16)19/h2-9H2,1H3,(H,15,17,19). The minimum Gasteiger partial charge on any atom is -0.277 e. The van der Waals surface area contributed by atoms with E-state index in [9.17, 15) is 14.4 Å². The van der Waals surface area contributed by atoms with E-state index in [2.05, 4.69) is 12.2 Å². The molecule has 1 N–H and O–H groups in total. The Bertz CT molecular complexity index is 448. The van der Waals surface area contributed by atoms with Gasteiger partial charge in [0.15, 0.2) is 0 Å². The van der Waals surface area contributed by atoms with Gasteiger partial charge in [0.05, 0.1) is 0 Å². The maximum Gasteiger partial charge on any atom is 0.330 e. The number of amides is 4. The van der Waals surface area contributed by atoms with Crippen LogP contribution in [-0.4, -0.2) is 29.3 Å². The van der Waals surface area contributed by atoms with E-state index in [4.69, 9.17) is 0 Å². The van der Waals surface area contributed by atoms with Crippen LogP contribution in [-0.2, 0) is 9.59 Å². The molecule has 19 heavy (non-hydrogen) atoms. The number of imide groups is 2. The van der Waals surface area contributed by atoms with Gasteiger partial charge in [-0.05, 0) is 31.1 Å². The van der Waals surface area contributed by atoms with Crippen molar-refractivity contribution in [2.75, 3.05) is 6.54 Å². The first-order valence-corrected chi connectivity index (χ1v) is 7.14. The number of nitrogens with zero attached hydrogens (tertiary/aromatic N) is 1. The third-order valence-electron chi connectivity index (χ3n) is 5.11. The first-order valence-electron chi connectivity index (χ1n) is 7.14. The highest BCUT2D eigenvalue weighted by Crippen LogP contribution is 2.45. The van der Waals surface area contributed by atoms with Gasteiger partial charge in [0.2, 0.25) is 11.8 Å². The molecule has 2 saturated carbocycles. The maximum atomic E-state index is 12.6. The van der Waals surface area contributed by atoms with Crippen molar-refractivity contribution in [2.24, 2.45) is 10.8 Å². The van der Waals surface area contributed by atoms with Crippen molar-refractivity contribution < 1.29 is 14.4 Å². The molecule has 0 bridgehead atoms. The van der Waals surface area contributed by atoms with Gasteiger partial charge >= 0.3 is 6.03 Å². The van der Waals surface area contributed by atoms with Gasteiger partial charge in [0, 0.05) is 6.54 Å². The molecule has 104 valence electrons. The van der Waals surface area contributed by atoms with Crippen LogP contribution in [0.25, 0.3) is 0 Å². The molecular formula is C14H20N2O3. The topological polar surface area (TPSA) is 66.5 Å². The summed E-state index contributed by atoms with van der Waals surface area (Å²) in [6, 6.07) is -0.527. The number of hydrogen-bond donors (Lipinski definition) is 1. The SMILES string of the molecule is CC1(CN2C(=O)NC(=O)C3(CCCC3)C2=O)CCC1. The van der Waals surface area contributed by atoms with Crippen LogP contribution < -0.4 is 5.32 Å². The Morgan fingerprint density at radius 3 is 2.21 bits per heavy atom. The Morgan fingerprint density at radius 1 is 1.05 bits per heavy atom. The predicted octanol–water partition coefficient (Wildman–Crippen LogP) is 1.82. The second kappa shape index (κ2) is 4.05. The lowest BCUT2D eigenvalue weighted by Crippen LogP contribution is -2.64. The zero-order valence-electron chi connectivity index (χ0n) is 11.3. The normalized spacial score (nSPS) is 28.5. The van der Waals surface area contributed by atoms with Crippen molar-refractivity contribution in [2.45, 2.75) is 51.9 Å². The molecule has 5 nitrogen and oxygen atoms in total. The summed E-state index contributed by atoms with van der Waals surface area (Å²) in [4.78, 5) is 37.9. The Labute approximate surface area is 112 Å². The van der Waals surface area contributed by atoms with Gasteiger partial charge < -0.3 is 0 Å². The quantitative estimate of drug-likeness (QED) is 0.773. The van der Waals surface area contributed by atoms with E-state index in [-0.39, 0.29) is 17.2 Å². The van der Waals surface area contributed by atoms with E-state index in [1.165, 1.54) is 4.90 Å². The molecule has 4 amide bonds. The van der Waals surface area contributed by atoms with Crippen molar-refractivity contribution in [1.82, 2.24) is 10.2 Å². The van der Waals surface area contributed by atoms with Crippen molar-refractivity contribution >= 4 is 17.8 Å². The first kappa shape index (κ1) is 12.6. The van der Waals surface area contributed by atoms with Crippen molar-refractivity contribution in [3.8, 4) is 0 Å². The van der Waals surface area contributed by atoms with Crippen LogP contribution in [0.2, 0.25) is 0 Å². The lowest BCUT2D eigenvalue weighted by atomic mass is 9.69. The number of urea groups is 1. The van der Waals surface area contributed by atoms with E-state index < -0.39 is 11.4 Å². The smallest absolute Gasteiger partial charge is 0.277 e. The molecule has 1 aliphatic heterocycles. The third kappa shape index (κ3) is 1.78.